The molecule has 4 atom stereocenters. The number of Topliss-reactive ketones (excluding diaryl/α,β-unsaturated/α-hetero) is 1. The van der Waals surface area contributed by atoms with Crippen molar-refractivity contribution in [3.63, 3.8) is 0 Å². The van der Waals surface area contributed by atoms with Crippen molar-refractivity contribution in [1.82, 2.24) is 30.5 Å². The predicted molar refractivity (Wildman–Crippen MR) is 182 cm³/mol. The zero-order chi connectivity index (χ0) is 35.3. The van der Waals surface area contributed by atoms with Crippen molar-refractivity contribution in [1.29, 1.82) is 0 Å². The lowest BCUT2D eigenvalue weighted by atomic mass is 9.70. The van der Waals surface area contributed by atoms with Crippen LogP contribution in [-0.4, -0.2) is 103 Å². The maximum absolute atomic E-state index is 14.5. The number of amides is 5. The van der Waals surface area contributed by atoms with Gasteiger partial charge in [-0.25, -0.2) is 17.5 Å². The van der Waals surface area contributed by atoms with Crippen LogP contribution < -0.4 is 21.3 Å². The number of hydrogen-bond acceptors (Lipinski definition) is 7. The van der Waals surface area contributed by atoms with Crippen LogP contribution in [0.2, 0.25) is 0 Å². The van der Waals surface area contributed by atoms with E-state index in [1.165, 1.54) is 23.3 Å². The van der Waals surface area contributed by atoms with Crippen molar-refractivity contribution in [3.05, 3.63) is 0 Å². The quantitative estimate of drug-likeness (QED) is 0.202. The zero-order valence-electron chi connectivity index (χ0n) is 29.6. The first-order chi connectivity index (χ1) is 22.6. The van der Waals surface area contributed by atoms with Crippen molar-refractivity contribution in [2.24, 2.45) is 5.41 Å². The average molecular weight is 695 g/mol. The van der Waals surface area contributed by atoms with Crippen LogP contribution in [0, 0.1) is 5.41 Å². The summed E-state index contributed by atoms with van der Waals surface area (Å²) in [5.41, 5.74) is -1.56. The van der Waals surface area contributed by atoms with Gasteiger partial charge in [-0.3, -0.25) is 19.2 Å². The highest BCUT2D eigenvalue weighted by molar-refractivity contribution is 7.89. The van der Waals surface area contributed by atoms with Gasteiger partial charge in [0.25, 0.3) is 5.91 Å². The van der Waals surface area contributed by atoms with E-state index < -0.39 is 68.0 Å². The number of likely N-dealkylation sites (tertiary alicyclic amines) is 1. The van der Waals surface area contributed by atoms with Gasteiger partial charge < -0.3 is 26.2 Å². The van der Waals surface area contributed by atoms with E-state index in [2.05, 4.69) is 21.3 Å². The fraction of sp³-hybridized carbons (Fsp3) is 0.853. The summed E-state index contributed by atoms with van der Waals surface area (Å²) in [6.07, 6.45) is 11.3. The Morgan fingerprint density at radius 2 is 1.48 bits per heavy atom. The van der Waals surface area contributed by atoms with Gasteiger partial charge in [0.2, 0.25) is 27.6 Å². The van der Waals surface area contributed by atoms with E-state index in [0.717, 1.165) is 51.4 Å². The predicted octanol–water partition coefficient (Wildman–Crippen LogP) is 2.73. The Morgan fingerprint density at radius 3 is 2.04 bits per heavy atom. The summed E-state index contributed by atoms with van der Waals surface area (Å²) in [6, 6.07) is -3.34. The Balaban J connectivity index is 1.54. The van der Waals surface area contributed by atoms with Gasteiger partial charge in [-0.05, 0) is 70.1 Å². The number of ketones is 1. The molecule has 272 valence electrons. The van der Waals surface area contributed by atoms with Crippen LogP contribution in [0.3, 0.4) is 0 Å². The van der Waals surface area contributed by atoms with Crippen LogP contribution in [0.4, 0.5) is 4.79 Å². The number of nitrogens with zero attached hydrogens (tertiary/aromatic N) is 2. The summed E-state index contributed by atoms with van der Waals surface area (Å²) >= 11 is 0. The SMILES string of the molecule is CCC[C@H](NC(=O)[C@@H]1CCCN1C(=O)[C@@H](NC(=O)NC1([C@H](C)S(=O)(=O)N(C)C)CCCCC1)C1(C)CCCCC1)C(=O)C(=O)NC1CC1. The molecule has 0 radical (unpaired) electrons. The minimum absolute atomic E-state index is 0.0127. The van der Waals surface area contributed by atoms with E-state index in [-0.39, 0.29) is 11.9 Å². The molecule has 13 nitrogen and oxygen atoms in total. The largest absolute Gasteiger partial charge is 0.347 e. The lowest BCUT2D eigenvalue weighted by Gasteiger charge is -2.45. The van der Waals surface area contributed by atoms with Crippen molar-refractivity contribution in [2.75, 3.05) is 20.6 Å². The molecule has 1 heterocycles. The molecule has 1 aliphatic heterocycles. The van der Waals surface area contributed by atoms with Crippen LogP contribution in [0.1, 0.15) is 124 Å². The molecule has 3 aliphatic carbocycles. The number of nitrogens with one attached hydrogen (secondary N) is 4. The molecule has 3 saturated carbocycles. The van der Waals surface area contributed by atoms with E-state index in [1.807, 2.05) is 13.8 Å². The van der Waals surface area contributed by atoms with E-state index in [4.69, 9.17) is 0 Å². The van der Waals surface area contributed by atoms with Crippen LogP contribution >= 0.6 is 0 Å². The highest BCUT2D eigenvalue weighted by Crippen LogP contribution is 2.41. The van der Waals surface area contributed by atoms with Crippen LogP contribution in [0.25, 0.3) is 0 Å². The molecule has 48 heavy (non-hydrogen) atoms. The van der Waals surface area contributed by atoms with Crippen LogP contribution in [-0.2, 0) is 29.2 Å². The fourth-order valence-electron chi connectivity index (χ4n) is 7.93. The Morgan fingerprint density at radius 1 is 0.875 bits per heavy atom. The normalized spacial score (nSPS) is 24.2. The Hall–Kier alpha value is -2.74. The third kappa shape index (κ3) is 8.70. The van der Waals surface area contributed by atoms with E-state index in [1.54, 1.807) is 6.92 Å². The number of urea groups is 1. The second-order valence-corrected chi connectivity index (χ2v) is 17.6. The van der Waals surface area contributed by atoms with Gasteiger partial charge in [-0.1, -0.05) is 58.8 Å². The fourth-order valence-corrected chi connectivity index (χ4v) is 9.43. The first kappa shape index (κ1) is 38.1. The Bertz CT molecular complexity index is 1300. The third-order valence-corrected chi connectivity index (χ3v) is 13.6. The number of hydrogen-bond donors (Lipinski definition) is 4. The van der Waals surface area contributed by atoms with Crippen LogP contribution in [0.15, 0.2) is 0 Å². The van der Waals surface area contributed by atoms with Crippen LogP contribution in [0.5, 0.6) is 0 Å². The van der Waals surface area contributed by atoms with Gasteiger partial charge in [0.05, 0.1) is 16.8 Å². The molecule has 4 rings (SSSR count). The standard InChI is InChI=1S/C34H58N6O7S/c1-6-14-25(27(41)30(43)35-24-16-17-24)36-29(42)26-15-13-22-40(26)31(44)28(33(3)18-9-7-10-19-33)37-32(45)38-34(20-11-8-12-21-34)23(2)48(46,47)39(4)5/h23-26,28H,6-22H2,1-5H3,(H,35,43)(H,36,42)(H2,37,38,45)/t23-,25-,26-,28+/m0/s1. The van der Waals surface area contributed by atoms with E-state index >= 15 is 0 Å². The van der Waals surface area contributed by atoms with E-state index in [0.29, 0.717) is 57.9 Å². The molecule has 14 heteroatoms. The maximum atomic E-state index is 14.5. The second-order valence-electron chi connectivity index (χ2n) is 15.1. The monoisotopic (exact) mass is 694 g/mol. The third-order valence-electron chi connectivity index (χ3n) is 11.2. The van der Waals surface area contributed by atoms with Gasteiger partial charge in [0, 0.05) is 26.7 Å². The molecule has 0 aromatic carbocycles. The summed E-state index contributed by atoms with van der Waals surface area (Å²) in [7, 11) is -0.709. The molecule has 4 aliphatic rings. The lowest BCUT2D eigenvalue weighted by molar-refractivity contribution is -0.144. The number of carbonyl (C=O) groups is 5. The van der Waals surface area contributed by atoms with Gasteiger partial charge in [-0.2, -0.15) is 0 Å². The average Bonchev–Trinajstić information content (AvgIpc) is 3.73. The molecule has 0 aromatic heterocycles. The summed E-state index contributed by atoms with van der Waals surface area (Å²) in [5, 5.41) is 10.7. The van der Waals surface area contributed by atoms with Gasteiger partial charge in [-0.15, -0.1) is 0 Å². The molecular formula is C34H58N6O7S. The topological polar surface area (TPSA) is 174 Å². The number of sulfonamides is 1. The molecule has 0 unspecified atom stereocenters. The van der Waals surface area contributed by atoms with Crippen molar-refractivity contribution in [2.45, 2.75) is 158 Å². The molecule has 4 fully saturated rings. The zero-order valence-corrected chi connectivity index (χ0v) is 30.4. The van der Waals surface area contributed by atoms with E-state index in [9.17, 15) is 32.4 Å². The summed E-state index contributed by atoms with van der Waals surface area (Å²) < 4.78 is 27.7. The first-order valence-corrected chi connectivity index (χ1v) is 19.6. The first-order valence-electron chi connectivity index (χ1n) is 18.1. The summed E-state index contributed by atoms with van der Waals surface area (Å²) in [4.78, 5) is 69.1. The Labute approximate surface area is 286 Å². The molecule has 0 bridgehead atoms. The smallest absolute Gasteiger partial charge is 0.315 e. The highest BCUT2D eigenvalue weighted by atomic mass is 32.2. The molecular weight excluding hydrogens is 636 g/mol. The summed E-state index contributed by atoms with van der Waals surface area (Å²) in [5.74, 6) is -2.21. The molecule has 0 spiro atoms. The minimum Gasteiger partial charge on any atom is -0.347 e. The lowest BCUT2D eigenvalue weighted by Crippen LogP contribution is -2.66. The number of rotatable bonds is 14. The van der Waals surface area contributed by atoms with Gasteiger partial charge >= 0.3 is 6.03 Å². The van der Waals surface area contributed by atoms with Crippen molar-refractivity contribution >= 4 is 39.6 Å². The van der Waals surface area contributed by atoms with Crippen molar-refractivity contribution in [3.8, 4) is 0 Å². The van der Waals surface area contributed by atoms with Gasteiger partial charge in [0.15, 0.2) is 0 Å². The van der Waals surface area contributed by atoms with Crippen molar-refractivity contribution < 1.29 is 32.4 Å². The summed E-state index contributed by atoms with van der Waals surface area (Å²) in [6.45, 7) is 5.84. The molecule has 4 N–H and O–H groups in total. The molecule has 1 saturated heterocycles. The molecule has 0 aromatic rings. The number of carbonyl (C=O) groups excluding carboxylic acids is 5. The minimum atomic E-state index is -3.69. The van der Waals surface area contributed by atoms with Gasteiger partial charge in [0.1, 0.15) is 12.1 Å². The highest BCUT2D eigenvalue weighted by Gasteiger charge is 2.49. The Kier molecular flexibility index (Phi) is 12.6. The second kappa shape index (κ2) is 15.9. The maximum Gasteiger partial charge on any atom is 0.315 e. The molecule has 5 amide bonds.